The minimum absolute atomic E-state index is 0.00274. The molecule has 1 aromatic carbocycles. The number of carbonyl (C=O) groups excluding carboxylic acids is 1. The highest BCUT2D eigenvalue weighted by Gasteiger charge is 2.22. The molecular formula is C24H29N3O3S. The van der Waals surface area contributed by atoms with Gasteiger partial charge in [0.25, 0.3) is 11.5 Å². The summed E-state index contributed by atoms with van der Waals surface area (Å²) in [6.07, 6.45) is 5.70. The summed E-state index contributed by atoms with van der Waals surface area (Å²) in [5.41, 5.74) is 1.96. The Morgan fingerprint density at radius 3 is 2.77 bits per heavy atom. The van der Waals surface area contributed by atoms with Crippen LogP contribution in [-0.2, 0) is 13.0 Å². The number of nitrogens with one attached hydrogen (secondary N) is 1. The quantitative estimate of drug-likeness (QED) is 0.554. The van der Waals surface area contributed by atoms with Gasteiger partial charge in [-0.25, -0.2) is 4.98 Å². The number of ether oxygens (including phenoxy) is 1. The van der Waals surface area contributed by atoms with Crippen LogP contribution >= 0.6 is 11.3 Å². The van der Waals surface area contributed by atoms with Crippen molar-refractivity contribution in [2.45, 2.75) is 58.9 Å². The van der Waals surface area contributed by atoms with E-state index in [-0.39, 0.29) is 11.5 Å². The second-order valence-electron chi connectivity index (χ2n) is 8.16. The van der Waals surface area contributed by atoms with Gasteiger partial charge in [-0.1, -0.05) is 24.1 Å². The molecule has 6 nitrogen and oxygen atoms in total. The molecule has 1 aliphatic rings. The van der Waals surface area contributed by atoms with Crippen molar-refractivity contribution in [1.29, 1.82) is 0 Å². The van der Waals surface area contributed by atoms with E-state index in [9.17, 15) is 9.59 Å². The number of aromatic nitrogens is 2. The number of thiophene rings is 1. The number of hydrogen-bond donors (Lipinski definition) is 1. The highest BCUT2D eigenvalue weighted by Crippen LogP contribution is 2.28. The Morgan fingerprint density at radius 2 is 1.97 bits per heavy atom. The number of carbonyl (C=O) groups is 1. The fourth-order valence-electron chi connectivity index (χ4n) is 3.96. The van der Waals surface area contributed by atoms with Crippen LogP contribution in [0, 0.1) is 13.8 Å². The number of unbranched alkanes of at least 4 members (excludes halogenated alkanes) is 1. The van der Waals surface area contributed by atoms with Crippen molar-refractivity contribution in [3.8, 4) is 5.75 Å². The summed E-state index contributed by atoms with van der Waals surface area (Å²) in [7, 11) is 0. The lowest BCUT2D eigenvalue weighted by molar-refractivity contribution is 0.0956. The molecule has 1 aliphatic heterocycles. The molecule has 0 saturated carbocycles. The van der Waals surface area contributed by atoms with Gasteiger partial charge in [0.15, 0.2) is 0 Å². The lowest BCUT2D eigenvalue weighted by Gasteiger charge is -2.08. The summed E-state index contributed by atoms with van der Waals surface area (Å²) in [6, 6.07) is 8.00. The van der Waals surface area contributed by atoms with E-state index in [2.05, 4.69) is 5.32 Å². The molecule has 0 unspecified atom stereocenters. The Labute approximate surface area is 186 Å². The van der Waals surface area contributed by atoms with E-state index in [1.54, 1.807) is 0 Å². The Hall–Kier alpha value is -2.67. The van der Waals surface area contributed by atoms with Crippen LogP contribution in [-0.4, -0.2) is 28.6 Å². The van der Waals surface area contributed by atoms with Crippen molar-refractivity contribution >= 4 is 27.5 Å². The van der Waals surface area contributed by atoms with E-state index in [1.165, 1.54) is 16.9 Å². The molecule has 31 heavy (non-hydrogen) atoms. The van der Waals surface area contributed by atoms with Crippen LogP contribution in [0.2, 0.25) is 0 Å². The summed E-state index contributed by atoms with van der Waals surface area (Å²) >= 11 is 1.33. The SMILES string of the molecule is Cc1ccc(OCCCCNC(=O)c2sc3nc4n(c(=O)c3c2C)CCCCC4)cc1. The second kappa shape index (κ2) is 9.64. The van der Waals surface area contributed by atoms with Gasteiger partial charge in [0.05, 0.1) is 16.9 Å². The predicted molar refractivity (Wildman–Crippen MR) is 124 cm³/mol. The minimum Gasteiger partial charge on any atom is -0.494 e. The first-order valence-electron chi connectivity index (χ1n) is 11.0. The first kappa shape index (κ1) is 21.6. The maximum atomic E-state index is 13.0. The molecule has 0 fully saturated rings. The molecule has 3 heterocycles. The highest BCUT2D eigenvalue weighted by atomic mass is 32.1. The van der Waals surface area contributed by atoms with Crippen molar-refractivity contribution in [3.63, 3.8) is 0 Å². The molecule has 3 aromatic rings. The van der Waals surface area contributed by atoms with Gasteiger partial charge in [-0.3, -0.25) is 14.2 Å². The molecule has 0 bridgehead atoms. The maximum absolute atomic E-state index is 13.0. The van der Waals surface area contributed by atoms with E-state index in [0.29, 0.717) is 28.2 Å². The fraction of sp³-hybridized carbons (Fsp3) is 0.458. The van der Waals surface area contributed by atoms with Crippen LogP contribution in [0.4, 0.5) is 0 Å². The first-order chi connectivity index (χ1) is 15.0. The second-order valence-corrected chi connectivity index (χ2v) is 9.16. The van der Waals surface area contributed by atoms with E-state index in [4.69, 9.17) is 9.72 Å². The molecule has 2 aromatic heterocycles. The van der Waals surface area contributed by atoms with Gasteiger partial charge in [-0.2, -0.15) is 0 Å². The third-order valence-corrected chi connectivity index (χ3v) is 6.95. The zero-order valence-corrected chi connectivity index (χ0v) is 19.0. The summed E-state index contributed by atoms with van der Waals surface area (Å²) in [5.74, 6) is 1.60. The van der Waals surface area contributed by atoms with Crippen molar-refractivity contribution < 1.29 is 9.53 Å². The van der Waals surface area contributed by atoms with Gasteiger partial charge in [0.1, 0.15) is 16.4 Å². The smallest absolute Gasteiger partial charge is 0.262 e. The van der Waals surface area contributed by atoms with Crippen LogP contribution in [0.3, 0.4) is 0 Å². The summed E-state index contributed by atoms with van der Waals surface area (Å²) < 4.78 is 7.54. The first-order valence-corrected chi connectivity index (χ1v) is 11.9. The van der Waals surface area contributed by atoms with Crippen LogP contribution < -0.4 is 15.6 Å². The zero-order chi connectivity index (χ0) is 21.8. The number of amides is 1. The highest BCUT2D eigenvalue weighted by molar-refractivity contribution is 7.20. The summed E-state index contributed by atoms with van der Waals surface area (Å²) in [4.78, 5) is 31.8. The maximum Gasteiger partial charge on any atom is 0.262 e. The van der Waals surface area contributed by atoms with Gasteiger partial charge < -0.3 is 10.1 Å². The lowest BCUT2D eigenvalue weighted by atomic mass is 10.2. The number of nitrogens with zero attached hydrogens (tertiary/aromatic N) is 2. The molecule has 0 radical (unpaired) electrons. The molecule has 4 rings (SSSR count). The van der Waals surface area contributed by atoms with Crippen LogP contribution in [0.25, 0.3) is 10.2 Å². The number of benzene rings is 1. The van der Waals surface area contributed by atoms with E-state index >= 15 is 0 Å². The van der Waals surface area contributed by atoms with Crippen molar-refractivity contribution in [1.82, 2.24) is 14.9 Å². The van der Waals surface area contributed by atoms with E-state index < -0.39 is 0 Å². The molecule has 0 saturated heterocycles. The van der Waals surface area contributed by atoms with E-state index in [1.807, 2.05) is 42.7 Å². The van der Waals surface area contributed by atoms with Crippen LogP contribution in [0.15, 0.2) is 29.1 Å². The number of rotatable bonds is 7. The summed E-state index contributed by atoms with van der Waals surface area (Å²) in [5, 5.41) is 3.59. The average Bonchev–Trinajstić information content (AvgIpc) is 2.93. The third kappa shape index (κ3) is 4.82. The van der Waals surface area contributed by atoms with Crippen molar-refractivity contribution in [3.05, 3.63) is 56.4 Å². The van der Waals surface area contributed by atoms with Crippen molar-refractivity contribution in [2.75, 3.05) is 13.2 Å². The predicted octanol–water partition coefficient (Wildman–Crippen LogP) is 4.39. The van der Waals surface area contributed by atoms with Crippen LogP contribution in [0.5, 0.6) is 5.75 Å². The largest absolute Gasteiger partial charge is 0.494 e. The normalized spacial score (nSPS) is 13.6. The van der Waals surface area contributed by atoms with Gasteiger partial charge in [0, 0.05) is 19.5 Å². The van der Waals surface area contributed by atoms with Crippen LogP contribution in [0.1, 0.15) is 58.7 Å². The molecular weight excluding hydrogens is 410 g/mol. The standard InChI is InChI=1S/C24H29N3O3S/c1-16-9-11-18(12-10-16)30-15-7-5-13-25-22(28)21-17(2)20-23(31-21)26-19-8-4-3-6-14-27(19)24(20)29/h9-12H,3-8,13-15H2,1-2H3,(H,25,28). The lowest BCUT2D eigenvalue weighted by Crippen LogP contribution is -2.25. The number of aryl methyl sites for hydroxylation is 3. The zero-order valence-electron chi connectivity index (χ0n) is 18.2. The van der Waals surface area contributed by atoms with Gasteiger partial charge >= 0.3 is 0 Å². The topological polar surface area (TPSA) is 73.2 Å². The Kier molecular flexibility index (Phi) is 6.70. The number of fused-ring (bicyclic) bond motifs is 2. The Bertz CT molecular complexity index is 1130. The Morgan fingerprint density at radius 1 is 1.16 bits per heavy atom. The average molecular weight is 440 g/mol. The molecule has 0 spiro atoms. The summed E-state index contributed by atoms with van der Waals surface area (Å²) in [6.45, 7) is 5.82. The van der Waals surface area contributed by atoms with Crippen molar-refractivity contribution in [2.24, 2.45) is 0 Å². The van der Waals surface area contributed by atoms with E-state index in [0.717, 1.165) is 62.2 Å². The van der Waals surface area contributed by atoms with Gasteiger partial charge in [-0.15, -0.1) is 11.3 Å². The Balaban J connectivity index is 1.34. The molecule has 0 atom stereocenters. The van der Waals surface area contributed by atoms with Gasteiger partial charge in [-0.05, 0) is 57.2 Å². The molecule has 0 aliphatic carbocycles. The monoisotopic (exact) mass is 439 g/mol. The molecule has 1 N–H and O–H groups in total. The minimum atomic E-state index is -0.125. The fourth-order valence-corrected chi connectivity index (χ4v) is 5.07. The number of hydrogen-bond acceptors (Lipinski definition) is 5. The third-order valence-electron chi connectivity index (χ3n) is 5.76. The molecule has 1 amide bonds. The molecule has 164 valence electrons. The molecule has 7 heteroatoms. The van der Waals surface area contributed by atoms with Gasteiger partial charge in [0.2, 0.25) is 0 Å².